The number of esters is 2. The Bertz CT molecular complexity index is 631. The highest BCUT2D eigenvalue weighted by Gasteiger charge is 2.29. The van der Waals surface area contributed by atoms with Gasteiger partial charge in [0.1, 0.15) is 9.88 Å². The number of carbonyl (C=O) groups excluding carboxylic acids is 3. The average Bonchev–Trinajstić information content (AvgIpc) is 3.16. The Morgan fingerprint density at radius 1 is 1.08 bits per heavy atom. The van der Waals surface area contributed by atoms with Crippen LogP contribution in [0.2, 0.25) is 0 Å². The molecule has 0 aromatic carbocycles. The van der Waals surface area contributed by atoms with Crippen molar-refractivity contribution in [3.8, 4) is 0 Å². The van der Waals surface area contributed by atoms with Gasteiger partial charge < -0.3 is 14.8 Å². The summed E-state index contributed by atoms with van der Waals surface area (Å²) in [5.41, 5.74) is 0.731. The Balaban J connectivity index is 2.32. The third-order valence-electron chi connectivity index (χ3n) is 4.05. The first-order valence-corrected chi connectivity index (χ1v) is 9.09. The monoisotopic (exact) mass is 353 g/mol. The van der Waals surface area contributed by atoms with Crippen molar-refractivity contribution in [1.82, 2.24) is 0 Å². The molecule has 0 unspecified atom stereocenters. The molecule has 24 heavy (non-hydrogen) atoms. The molecule has 1 saturated carbocycles. The lowest BCUT2D eigenvalue weighted by atomic mass is 10.1. The molecule has 1 aliphatic carbocycles. The van der Waals surface area contributed by atoms with Crippen LogP contribution >= 0.6 is 11.3 Å². The molecule has 7 heteroatoms. The fraction of sp³-hybridized carbons (Fsp3) is 0.588. The highest BCUT2D eigenvalue weighted by molar-refractivity contribution is 7.18. The Morgan fingerprint density at radius 3 is 2.25 bits per heavy atom. The first-order valence-electron chi connectivity index (χ1n) is 8.28. The van der Waals surface area contributed by atoms with Crippen molar-refractivity contribution in [2.75, 3.05) is 18.5 Å². The third-order valence-corrected chi connectivity index (χ3v) is 5.24. The lowest BCUT2D eigenvalue weighted by molar-refractivity contribution is -0.119. The number of thiophene rings is 1. The maximum atomic E-state index is 12.4. The Kier molecular flexibility index (Phi) is 6.36. The molecule has 1 aromatic heterocycles. The van der Waals surface area contributed by atoms with E-state index in [1.165, 1.54) is 0 Å². The zero-order valence-electron chi connectivity index (χ0n) is 14.3. The van der Waals surface area contributed by atoms with Crippen molar-refractivity contribution in [3.05, 3.63) is 16.0 Å². The van der Waals surface area contributed by atoms with Gasteiger partial charge in [-0.2, -0.15) is 0 Å². The Morgan fingerprint density at radius 2 is 1.67 bits per heavy atom. The zero-order valence-corrected chi connectivity index (χ0v) is 15.1. The summed E-state index contributed by atoms with van der Waals surface area (Å²) in [6.07, 6.45) is 3.80. The fourth-order valence-corrected chi connectivity index (χ4v) is 3.94. The smallest absolute Gasteiger partial charge is 0.348 e. The summed E-state index contributed by atoms with van der Waals surface area (Å²) in [7, 11) is 0. The van der Waals surface area contributed by atoms with Gasteiger partial charge in [0.15, 0.2) is 0 Å². The minimum Gasteiger partial charge on any atom is -0.462 e. The molecule has 1 aromatic rings. The maximum Gasteiger partial charge on any atom is 0.348 e. The molecule has 0 saturated heterocycles. The average molecular weight is 353 g/mol. The van der Waals surface area contributed by atoms with E-state index in [0.29, 0.717) is 15.4 Å². The highest BCUT2D eigenvalue weighted by atomic mass is 32.1. The predicted octanol–water partition coefficient (Wildman–Crippen LogP) is 3.54. The van der Waals surface area contributed by atoms with E-state index in [2.05, 4.69) is 5.32 Å². The zero-order chi connectivity index (χ0) is 17.7. The molecule has 1 N–H and O–H groups in total. The van der Waals surface area contributed by atoms with E-state index >= 15 is 0 Å². The van der Waals surface area contributed by atoms with E-state index in [1.807, 2.05) is 0 Å². The van der Waals surface area contributed by atoms with Crippen LogP contribution in [0, 0.1) is 12.8 Å². The van der Waals surface area contributed by atoms with E-state index in [4.69, 9.17) is 9.47 Å². The first-order chi connectivity index (χ1) is 11.5. The van der Waals surface area contributed by atoms with E-state index in [1.54, 1.807) is 20.8 Å². The van der Waals surface area contributed by atoms with Gasteiger partial charge in [-0.25, -0.2) is 9.59 Å². The standard InChI is InChI=1S/C17H23NO5S/c1-4-22-16(20)12-10(3)13(17(21)23-5-2)24-15(12)18-14(19)11-8-6-7-9-11/h11H,4-9H2,1-3H3,(H,18,19). The number of rotatable bonds is 6. The minimum atomic E-state index is -0.538. The van der Waals surface area contributed by atoms with Crippen LogP contribution in [0.4, 0.5) is 5.00 Å². The number of anilines is 1. The second kappa shape index (κ2) is 8.28. The van der Waals surface area contributed by atoms with Crippen LogP contribution in [0.25, 0.3) is 0 Å². The van der Waals surface area contributed by atoms with Crippen molar-refractivity contribution < 1.29 is 23.9 Å². The number of ether oxygens (including phenoxy) is 2. The second-order valence-corrected chi connectivity index (χ2v) is 6.69. The molecule has 0 spiro atoms. The number of hydrogen-bond donors (Lipinski definition) is 1. The van der Waals surface area contributed by atoms with Crippen molar-refractivity contribution in [2.24, 2.45) is 5.92 Å². The molecule has 1 heterocycles. The summed E-state index contributed by atoms with van der Waals surface area (Å²) in [5, 5.41) is 3.19. The van der Waals surface area contributed by atoms with Crippen LogP contribution in [0.1, 0.15) is 65.1 Å². The molecule has 2 rings (SSSR count). The van der Waals surface area contributed by atoms with Crippen LogP contribution in [0.5, 0.6) is 0 Å². The van der Waals surface area contributed by atoms with Crippen molar-refractivity contribution in [1.29, 1.82) is 0 Å². The largest absolute Gasteiger partial charge is 0.462 e. The Labute approximate surface area is 145 Å². The quantitative estimate of drug-likeness (QED) is 0.791. The van der Waals surface area contributed by atoms with E-state index in [-0.39, 0.29) is 30.6 Å². The van der Waals surface area contributed by atoms with Gasteiger partial charge in [0.05, 0.1) is 18.8 Å². The van der Waals surface area contributed by atoms with Crippen LogP contribution in [0.15, 0.2) is 0 Å². The van der Waals surface area contributed by atoms with Gasteiger partial charge in [-0.3, -0.25) is 4.79 Å². The molecular formula is C17H23NO5S. The topological polar surface area (TPSA) is 81.7 Å². The molecule has 1 aliphatic rings. The molecule has 1 fully saturated rings. The van der Waals surface area contributed by atoms with Gasteiger partial charge in [-0.05, 0) is 39.2 Å². The minimum absolute atomic E-state index is 0.0338. The summed E-state index contributed by atoms with van der Waals surface area (Å²) in [6.45, 7) is 5.56. The van der Waals surface area contributed by atoms with E-state index < -0.39 is 11.9 Å². The van der Waals surface area contributed by atoms with Crippen LogP contribution in [-0.4, -0.2) is 31.1 Å². The summed E-state index contributed by atoms with van der Waals surface area (Å²) >= 11 is 1.07. The first kappa shape index (κ1) is 18.4. The van der Waals surface area contributed by atoms with Gasteiger partial charge in [-0.15, -0.1) is 11.3 Å². The van der Waals surface area contributed by atoms with Crippen LogP contribution in [-0.2, 0) is 14.3 Å². The van der Waals surface area contributed by atoms with E-state index in [0.717, 1.165) is 37.0 Å². The SMILES string of the molecule is CCOC(=O)c1sc(NC(=O)C2CCCC2)c(C(=O)OCC)c1C. The molecule has 0 radical (unpaired) electrons. The highest BCUT2D eigenvalue weighted by Crippen LogP contribution is 2.35. The molecule has 1 amide bonds. The number of hydrogen-bond acceptors (Lipinski definition) is 6. The third kappa shape index (κ3) is 3.95. The molecular weight excluding hydrogens is 330 g/mol. The van der Waals surface area contributed by atoms with Gasteiger partial charge >= 0.3 is 11.9 Å². The van der Waals surface area contributed by atoms with Gasteiger partial charge in [-0.1, -0.05) is 12.8 Å². The molecule has 6 nitrogen and oxygen atoms in total. The van der Waals surface area contributed by atoms with Gasteiger partial charge in [0, 0.05) is 5.92 Å². The predicted molar refractivity (Wildman–Crippen MR) is 91.6 cm³/mol. The molecule has 0 bridgehead atoms. The number of nitrogens with one attached hydrogen (secondary N) is 1. The molecule has 132 valence electrons. The fourth-order valence-electron chi connectivity index (χ4n) is 2.84. The van der Waals surface area contributed by atoms with Crippen molar-refractivity contribution in [2.45, 2.75) is 46.5 Å². The molecule has 0 aliphatic heterocycles. The number of amides is 1. The van der Waals surface area contributed by atoms with E-state index in [9.17, 15) is 14.4 Å². The summed E-state index contributed by atoms with van der Waals surface area (Å²) in [4.78, 5) is 37.1. The second-order valence-electron chi connectivity index (χ2n) is 5.67. The normalized spacial score (nSPS) is 14.5. The van der Waals surface area contributed by atoms with Gasteiger partial charge in [0.2, 0.25) is 5.91 Å². The maximum absolute atomic E-state index is 12.4. The summed E-state index contributed by atoms with van der Waals surface area (Å²) in [5.74, 6) is -1.17. The van der Waals surface area contributed by atoms with Crippen molar-refractivity contribution >= 4 is 34.2 Å². The van der Waals surface area contributed by atoms with Crippen LogP contribution in [0.3, 0.4) is 0 Å². The number of carbonyl (C=O) groups is 3. The van der Waals surface area contributed by atoms with Crippen molar-refractivity contribution in [3.63, 3.8) is 0 Å². The lowest BCUT2D eigenvalue weighted by Gasteiger charge is -2.10. The summed E-state index contributed by atoms with van der Waals surface area (Å²) in [6, 6.07) is 0. The van der Waals surface area contributed by atoms with Gasteiger partial charge in [0.25, 0.3) is 0 Å². The van der Waals surface area contributed by atoms with Crippen LogP contribution < -0.4 is 5.32 Å². The summed E-state index contributed by atoms with van der Waals surface area (Å²) < 4.78 is 10.1. The molecule has 0 atom stereocenters. The lowest BCUT2D eigenvalue weighted by Crippen LogP contribution is -2.21. The Hall–Kier alpha value is -1.89.